The van der Waals surface area contributed by atoms with E-state index in [0.717, 1.165) is 30.5 Å². The van der Waals surface area contributed by atoms with Crippen molar-refractivity contribution in [2.24, 2.45) is 4.99 Å². The Kier molecular flexibility index (Phi) is 7.81. The Morgan fingerprint density at radius 3 is 2.96 bits per heavy atom. The monoisotopic (exact) mass is 372 g/mol. The van der Waals surface area contributed by atoms with E-state index >= 15 is 0 Å². The van der Waals surface area contributed by atoms with Gasteiger partial charge in [-0.3, -0.25) is 9.89 Å². The van der Waals surface area contributed by atoms with Gasteiger partial charge < -0.3 is 15.3 Å². The van der Waals surface area contributed by atoms with Crippen LogP contribution in [0.5, 0.6) is 0 Å². The van der Waals surface area contributed by atoms with Crippen molar-refractivity contribution in [2.45, 2.75) is 38.8 Å². The number of aliphatic hydroxyl groups is 1. The van der Waals surface area contributed by atoms with E-state index in [2.05, 4.69) is 41.0 Å². The van der Waals surface area contributed by atoms with E-state index in [0.29, 0.717) is 16.9 Å². The Hall–Kier alpha value is -0.820. The van der Waals surface area contributed by atoms with Crippen molar-refractivity contribution in [2.75, 3.05) is 39.8 Å². The second-order valence-corrected chi connectivity index (χ2v) is 7.90. The fourth-order valence-electron chi connectivity index (χ4n) is 3.16. The zero-order valence-electron chi connectivity index (χ0n) is 14.8. The highest BCUT2D eigenvalue weighted by Crippen LogP contribution is 2.27. The number of guanidine groups is 1. The SMILES string of the molecule is CCNC(=NCC(O)c1ccc(Cl)s1)N(C)CC1CCCN1CC. The first-order valence-corrected chi connectivity index (χ1v) is 9.91. The molecule has 0 spiro atoms. The largest absolute Gasteiger partial charge is 0.386 e. The number of aliphatic hydroxyl groups excluding tert-OH is 1. The number of nitrogens with one attached hydrogen (secondary N) is 1. The number of hydrogen-bond donors (Lipinski definition) is 2. The maximum Gasteiger partial charge on any atom is 0.193 e. The average Bonchev–Trinajstić information content (AvgIpc) is 3.19. The fourth-order valence-corrected chi connectivity index (χ4v) is 4.20. The van der Waals surface area contributed by atoms with Crippen LogP contribution in [0.2, 0.25) is 4.34 Å². The predicted molar refractivity (Wildman–Crippen MR) is 103 cm³/mol. The first kappa shape index (κ1) is 19.5. The Balaban J connectivity index is 1.96. The summed E-state index contributed by atoms with van der Waals surface area (Å²) in [4.78, 5) is 10.2. The molecule has 1 fully saturated rings. The lowest BCUT2D eigenvalue weighted by molar-refractivity contribution is 0.190. The summed E-state index contributed by atoms with van der Waals surface area (Å²) in [6.45, 7) is 8.69. The summed E-state index contributed by atoms with van der Waals surface area (Å²) >= 11 is 7.34. The first-order chi connectivity index (χ1) is 11.5. The summed E-state index contributed by atoms with van der Waals surface area (Å²) in [6.07, 6.45) is 1.91. The van der Waals surface area contributed by atoms with Gasteiger partial charge in [-0.25, -0.2) is 0 Å². The van der Waals surface area contributed by atoms with Crippen molar-refractivity contribution in [1.29, 1.82) is 0 Å². The van der Waals surface area contributed by atoms with Crippen molar-refractivity contribution in [1.82, 2.24) is 15.1 Å². The zero-order valence-corrected chi connectivity index (χ0v) is 16.4. The summed E-state index contributed by atoms with van der Waals surface area (Å²) in [5.41, 5.74) is 0. The number of hydrogen-bond acceptors (Lipinski definition) is 4. The van der Waals surface area contributed by atoms with Gasteiger partial charge in [-0.1, -0.05) is 18.5 Å². The van der Waals surface area contributed by atoms with Gasteiger partial charge in [-0.15, -0.1) is 11.3 Å². The molecule has 0 amide bonds. The molecular formula is C17H29ClN4OS. The Labute approximate surface area is 154 Å². The number of thiophene rings is 1. The van der Waals surface area contributed by atoms with E-state index < -0.39 is 6.10 Å². The van der Waals surface area contributed by atoms with E-state index in [1.54, 1.807) is 0 Å². The van der Waals surface area contributed by atoms with E-state index in [4.69, 9.17) is 11.6 Å². The van der Waals surface area contributed by atoms with Crippen LogP contribution in [0.4, 0.5) is 0 Å². The quantitative estimate of drug-likeness (QED) is 0.570. The number of rotatable bonds is 7. The molecule has 1 aromatic heterocycles. The van der Waals surface area contributed by atoms with Crippen LogP contribution in [0.25, 0.3) is 0 Å². The molecule has 0 radical (unpaired) electrons. The van der Waals surface area contributed by atoms with Crippen LogP contribution in [-0.4, -0.2) is 66.7 Å². The van der Waals surface area contributed by atoms with Crippen LogP contribution in [0.3, 0.4) is 0 Å². The number of halogens is 1. The molecule has 7 heteroatoms. The van der Waals surface area contributed by atoms with Gasteiger partial charge in [0.25, 0.3) is 0 Å². The second kappa shape index (κ2) is 9.61. The Morgan fingerprint density at radius 2 is 2.33 bits per heavy atom. The fraction of sp³-hybridized carbons (Fsp3) is 0.706. The highest BCUT2D eigenvalue weighted by Gasteiger charge is 2.25. The maximum absolute atomic E-state index is 10.3. The van der Waals surface area contributed by atoms with Gasteiger partial charge in [0.15, 0.2) is 5.96 Å². The average molecular weight is 373 g/mol. The van der Waals surface area contributed by atoms with Crippen molar-refractivity contribution in [3.8, 4) is 0 Å². The lowest BCUT2D eigenvalue weighted by Crippen LogP contribution is -2.46. The van der Waals surface area contributed by atoms with Crippen LogP contribution in [0.1, 0.15) is 37.7 Å². The molecule has 2 atom stereocenters. The highest BCUT2D eigenvalue weighted by molar-refractivity contribution is 7.16. The van der Waals surface area contributed by atoms with Crippen molar-refractivity contribution < 1.29 is 5.11 Å². The molecule has 1 saturated heterocycles. The third-order valence-corrected chi connectivity index (χ3v) is 5.76. The van der Waals surface area contributed by atoms with Crippen LogP contribution >= 0.6 is 22.9 Å². The Morgan fingerprint density at radius 1 is 1.54 bits per heavy atom. The molecule has 2 heterocycles. The number of likely N-dealkylation sites (N-methyl/N-ethyl adjacent to an activating group) is 2. The molecule has 136 valence electrons. The molecule has 1 aliphatic heterocycles. The molecule has 2 N–H and O–H groups in total. The van der Waals surface area contributed by atoms with Gasteiger partial charge in [0.1, 0.15) is 6.10 Å². The molecule has 0 aromatic carbocycles. The Bertz CT molecular complexity index is 536. The van der Waals surface area contributed by atoms with Gasteiger partial charge in [0.05, 0.1) is 10.9 Å². The normalized spacial score (nSPS) is 20.4. The topological polar surface area (TPSA) is 51.1 Å². The molecule has 1 aliphatic rings. The lowest BCUT2D eigenvalue weighted by atomic mass is 10.2. The third-order valence-electron chi connectivity index (χ3n) is 4.42. The van der Waals surface area contributed by atoms with Crippen LogP contribution in [-0.2, 0) is 0 Å². The number of aliphatic imine (C=N–C) groups is 1. The molecule has 0 saturated carbocycles. The molecule has 0 bridgehead atoms. The predicted octanol–water partition coefficient (Wildman–Crippen LogP) is 2.82. The van der Waals surface area contributed by atoms with Crippen LogP contribution < -0.4 is 5.32 Å². The second-order valence-electron chi connectivity index (χ2n) is 6.16. The van der Waals surface area contributed by atoms with Crippen molar-refractivity contribution in [3.05, 3.63) is 21.3 Å². The summed E-state index contributed by atoms with van der Waals surface area (Å²) in [5.74, 6) is 0.849. The first-order valence-electron chi connectivity index (χ1n) is 8.71. The van der Waals surface area contributed by atoms with Crippen LogP contribution in [0, 0.1) is 0 Å². The van der Waals surface area contributed by atoms with Gasteiger partial charge >= 0.3 is 0 Å². The minimum Gasteiger partial charge on any atom is -0.386 e. The van der Waals surface area contributed by atoms with Crippen molar-refractivity contribution >= 4 is 28.9 Å². The molecule has 24 heavy (non-hydrogen) atoms. The molecule has 5 nitrogen and oxygen atoms in total. The van der Waals surface area contributed by atoms with Crippen molar-refractivity contribution in [3.63, 3.8) is 0 Å². The molecule has 0 aliphatic carbocycles. The summed E-state index contributed by atoms with van der Waals surface area (Å²) < 4.78 is 0.693. The summed E-state index contributed by atoms with van der Waals surface area (Å²) in [7, 11) is 2.07. The van der Waals surface area contributed by atoms with Gasteiger partial charge in [0.2, 0.25) is 0 Å². The number of likely N-dealkylation sites (tertiary alicyclic amines) is 1. The standard InChI is InChI=1S/C17H29ClN4OS/c1-4-19-17(20-11-14(23)15-8-9-16(18)24-15)21(3)12-13-7-6-10-22(13)5-2/h8-9,13-14,23H,4-7,10-12H2,1-3H3,(H,19,20). The van der Waals surface area contributed by atoms with Gasteiger partial charge in [0, 0.05) is 31.1 Å². The minimum atomic E-state index is -0.608. The molecule has 2 unspecified atom stereocenters. The summed E-state index contributed by atoms with van der Waals surface area (Å²) in [5, 5.41) is 13.6. The zero-order chi connectivity index (χ0) is 17.5. The van der Waals surface area contributed by atoms with Crippen LogP contribution in [0.15, 0.2) is 17.1 Å². The van der Waals surface area contributed by atoms with E-state index in [1.807, 2.05) is 12.1 Å². The summed E-state index contributed by atoms with van der Waals surface area (Å²) in [6, 6.07) is 4.26. The van der Waals surface area contributed by atoms with Gasteiger partial charge in [-0.05, 0) is 45.0 Å². The smallest absolute Gasteiger partial charge is 0.193 e. The third kappa shape index (κ3) is 5.34. The van der Waals surface area contributed by atoms with E-state index in [9.17, 15) is 5.11 Å². The van der Waals surface area contributed by atoms with E-state index in [-0.39, 0.29) is 0 Å². The van der Waals surface area contributed by atoms with E-state index in [1.165, 1.54) is 30.7 Å². The number of nitrogens with zero attached hydrogens (tertiary/aromatic N) is 3. The minimum absolute atomic E-state index is 0.339. The molecular weight excluding hydrogens is 344 g/mol. The van der Waals surface area contributed by atoms with Gasteiger partial charge in [-0.2, -0.15) is 0 Å². The highest BCUT2D eigenvalue weighted by atomic mass is 35.5. The molecule has 1 aromatic rings. The lowest BCUT2D eigenvalue weighted by Gasteiger charge is -2.30. The molecule has 2 rings (SSSR count). The maximum atomic E-state index is 10.3.